The highest BCUT2D eigenvalue weighted by atomic mass is 32.1. The van der Waals surface area contributed by atoms with Crippen molar-refractivity contribution in [3.63, 3.8) is 0 Å². The van der Waals surface area contributed by atoms with E-state index in [0.29, 0.717) is 0 Å². The summed E-state index contributed by atoms with van der Waals surface area (Å²) in [5, 5.41) is 4.36. The molecule has 1 aromatic heterocycles. The summed E-state index contributed by atoms with van der Waals surface area (Å²) in [6, 6.07) is 0. The lowest BCUT2D eigenvalue weighted by atomic mass is 10.4. The Morgan fingerprint density at radius 1 is 1.40 bits per heavy atom. The topological polar surface area (TPSA) is 28.2 Å². The van der Waals surface area contributed by atoms with E-state index >= 15 is 0 Å². The van der Waals surface area contributed by atoms with Crippen LogP contribution in [0.3, 0.4) is 0 Å². The molecule has 0 aliphatic heterocycles. The molecule has 1 aromatic rings. The molecule has 4 heteroatoms. The molecule has 0 bridgehead atoms. The first-order valence-electron chi connectivity index (χ1n) is 5.63. The number of rotatable bonds is 7. The van der Waals surface area contributed by atoms with Crippen LogP contribution in [0.15, 0.2) is 6.20 Å². The number of anilines is 1. The lowest BCUT2D eigenvalue weighted by Crippen LogP contribution is -2.17. The molecule has 0 aromatic carbocycles. The third kappa shape index (κ3) is 4.62. The molecule has 0 aliphatic carbocycles. The minimum Gasteiger partial charge on any atom is -0.362 e. The Hall–Kier alpha value is -0.610. The van der Waals surface area contributed by atoms with E-state index in [1.165, 1.54) is 11.3 Å². The van der Waals surface area contributed by atoms with Gasteiger partial charge >= 0.3 is 0 Å². The first-order chi connectivity index (χ1) is 7.26. The molecule has 0 fully saturated rings. The molecule has 0 atom stereocenters. The zero-order valence-electron chi connectivity index (χ0n) is 9.92. The summed E-state index contributed by atoms with van der Waals surface area (Å²) in [5.41, 5.74) is 0. The summed E-state index contributed by atoms with van der Waals surface area (Å²) in [6.07, 6.45) is 4.33. The lowest BCUT2D eigenvalue weighted by molar-refractivity contribution is 0.330. The maximum absolute atomic E-state index is 4.35. The third-order valence-corrected chi connectivity index (χ3v) is 3.05. The molecule has 1 heterocycles. The Balaban J connectivity index is 2.38. The summed E-state index contributed by atoms with van der Waals surface area (Å²) in [5.74, 6) is 0. The van der Waals surface area contributed by atoms with Crippen molar-refractivity contribution < 1.29 is 0 Å². The van der Waals surface area contributed by atoms with Gasteiger partial charge in [0.25, 0.3) is 0 Å². The van der Waals surface area contributed by atoms with Crippen molar-refractivity contribution >= 4 is 16.5 Å². The lowest BCUT2D eigenvalue weighted by Gasteiger charge is -2.13. The van der Waals surface area contributed by atoms with Crippen LogP contribution in [0.4, 0.5) is 5.13 Å². The van der Waals surface area contributed by atoms with E-state index in [1.807, 2.05) is 6.20 Å². The quantitative estimate of drug-likeness (QED) is 0.776. The van der Waals surface area contributed by atoms with E-state index in [2.05, 4.69) is 36.1 Å². The standard InChI is InChI=1S/C11H21N3S/c1-4-6-12-11-13-8-10(15-11)9-14(3)7-5-2/h8H,4-7,9H2,1-3H3,(H,12,13). The van der Waals surface area contributed by atoms with Gasteiger partial charge in [0.1, 0.15) is 0 Å². The molecule has 0 unspecified atom stereocenters. The fourth-order valence-electron chi connectivity index (χ4n) is 1.42. The largest absolute Gasteiger partial charge is 0.362 e. The van der Waals surface area contributed by atoms with Gasteiger partial charge in [-0.15, -0.1) is 11.3 Å². The normalized spacial score (nSPS) is 10.9. The fourth-order valence-corrected chi connectivity index (χ4v) is 2.34. The summed E-state index contributed by atoms with van der Waals surface area (Å²) >= 11 is 1.76. The van der Waals surface area contributed by atoms with Crippen LogP contribution in [0.1, 0.15) is 31.6 Å². The molecule has 1 N–H and O–H groups in total. The average molecular weight is 227 g/mol. The SMILES string of the molecule is CCCNc1ncc(CN(C)CCC)s1. The Morgan fingerprint density at radius 3 is 2.87 bits per heavy atom. The second-order valence-electron chi connectivity index (χ2n) is 3.80. The smallest absolute Gasteiger partial charge is 0.182 e. The second-order valence-corrected chi connectivity index (χ2v) is 4.91. The number of thiazole rings is 1. The highest BCUT2D eigenvalue weighted by Gasteiger charge is 2.03. The maximum atomic E-state index is 4.35. The maximum Gasteiger partial charge on any atom is 0.182 e. The molecule has 0 amide bonds. The van der Waals surface area contributed by atoms with Gasteiger partial charge in [-0.05, 0) is 26.4 Å². The Labute approximate surface area is 96.5 Å². The predicted molar refractivity (Wildman–Crippen MR) is 67.5 cm³/mol. The van der Waals surface area contributed by atoms with Crippen molar-refractivity contribution in [2.45, 2.75) is 33.2 Å². The molecular formula is C11H21N3S. The number of aromatic nitrogens is 1. The van der Waals surface area contributed by atoms with E-state index in [9.17, 15) is 0 Å². The van der Waals surface area contributed by atoms with E-state index in [1.54, 1.807) is 11.3 Å². The van der Waals surface area contributed by atoms with Crippen molar-refractivity contribution in [1.82, 2.24) is 9.88 Å². The number of nitrogens with zero attached hydrogens (tertiary/aromatic N) is 2. The van der Waals surface area contributed by atoms with E-state index in [0.717, 1.165) is 31.2 Å². The van der Waals surface area contributed by atoms with Gasteiger partial charge in [-0.1, -0.05) is 13.8 Å². The van der Waals surface area contributed by atoms with Gasteiger partial charge in [0, 0.05) is 24.2 Å². The molecule has 0 saturated heterocycles. The van der Waals surface area contributed by atoms with Gasteiger partial charge in [0.05, 0.1) is 0 Å². The Bertz CT molecular complexity index is 273. The molecule has 1 rings (SSSR count). The zero-order chi connectivity index (χ0) is 11.1. The monoisotopic (exact) mass is 227 g/mol. The van der Waals surface area contributed by atoms with Gasteiger partial charge in [0.15, 0.2) is 5.13 Å². The molecule has 0 spiro atoms. The zero-order valence-corrected chi connectivity index (χ0v) is 10.7. The molecule has 0 aliphatic rings. The number of nitrogens with one attached hydrogen (secondary N) is 1. The minimum absolute atomic E-state index is 1.01. The first kappa shape index (κ1) is 12.5. The van der Waals surface area contributed by atoms with Crippen LogP contribution in [-0.2, 0) is 6.54 Å². The second kappa shape index (κ2) is 6.80. The van der Waals surface area contributed by atoms with Crippen LogP contribution in [0.2, 0.25) is 0 Å². The highest BCUT2D eigenvalue weighted by Crippen LogP contribution is 2.19. The Kier molecular flexibility index (Phi) is 5.65. The van der Waals surface area contributed by atoms with Crippen molar-refractivity contribution in [1.29, 1.82) is 0 Å². The van der Waals surface area contributed by atoms with Crippen LogP contribution in [-0.4, -0.2) is 30.0 Å². The number of hydrogen-bond acceptors (Lipinski definition) is 4. The van der Waals surface area contributed by atoms with Gasteiger partial charge in [-0.25, -0.2) is 4.98 Å². The van der Waals surface area contributed by atoms with Crippen molar-refractivity contribution in [3.8, 4) is 0 Å². The van der Waals surface area contributed by atoms with E-state index in [-0.39, 0.29) is 0 Å². The van der Waals surface area contributed by atoms with Gasteiger partial charge < -0.3 is 10.2 Å². The molecule has 0 radical (unpaired) electrons. The van der Waals surface area contributed by atoms with Crippen LogP contribution >= 0.6 is 11.3 Å². The summed E-state index contributed by atoms with van der Waals surface area (Å²) in [4.78, 5) is 8.02. The van der Waals surface area contributed by atoms with Crippen molar-refractivity contribution in [2.24, 2.45) is 0 Å². The molecule has 0 saturated carbocycles. The van der Waals surface area contributed by atoms with Gasteiger partial charge in [-0.3, -0.25) is 0 Å². The van der Waals surface area contributed by atoms with Crippen LogP contribution in [0.5, 0.6) is 0 Å². The molecule has 15 heavy (non-hydrogen) atoms. The van der Waals surface area contributed by atoms with Crippen molar-refractivity contribution in [3.05, 3.63) is 11.1 Å². The summed E-state index contributed by atoms with van der Waals surface area (Å²) < 4.78 is 0. The molecular weight excluding hydrogens is 206 g/mol. The minimum atomic E-state index is 1.01. The van der Waals surface area contributed by atoms with Gasteiger partial charge in [0.2, 0.25) is 0 Å². The number of hydrogen-bond donors (Lipinski definition) is 1. The van der Waals surface area contributed by atoms with Crippen molar-refractivity contribution in [2.75, 3.05) is 25.5 Å². The molecule has 86 valence electrons. The van der Waals surface area contributed by atoms with Crippen LogP contribution in [0.25, 0.3) is 0 Å². The summed E-state index contributed by atoms with van der Waals surface area (Å²) in [7, 11) is 2.16. The average Bonchev–Trinajstić information content (AvgIpc) is 2.63. The fraction of sp³-hybridized carbons (Fsp3) is 0.727. The van der Waals surface area contributed by atoms with E-state index < -0.39 is 0 Å². The Morgan fingerprint density at radius 2 is 2.20 bits per heavy atom. The third-order valence-electron chi connectivity index (χ3n) is 2.11. The first-order valence-corrected chi connectivity index (χ1v) is 6.45. The predicted octanol–water partition coefficient (Wildman–Crippen LogP) is 2.81. The van der Waals surface area contributed by atoms with Crippen LogP contribution < -0.4 is 5.32 Å². The summed E-state index contributed by atoms with van der Waals surface area (Å²) in [6.45, 7) is 7.54. The molecule has 3 nitrogen and oxygen atoms in total. The highest BCUT2D eigenvalue weighted by molar-refractivity contribution is 7.15. The van der Waals surface area contributed by atoms with Crippen LogP contribution in [0, 0.1) is 0 Å². The van der Waals surface area contributed by atoms with E-state index in [4.69, 9.17) is 0 Å². The van der Waals surface area contributed by atoms with Gasteiger partial charge in [-0.2, -0.15) is 0 Å².